The molecule has 0 aromatic heterocycles. The number of amides is 2. The molecule has 0 radical (unpaired) electrons. The van der Waals surface area contributed by atoms with Gasteiger partial charge >= 0.3 is 0 Å². The summed E-state index contributed by atoms with van der Waals surface area (Å²) in [6.07, 6.45) is 0. The van der Waals surface area contributed by atoms with Gasteiger partial charge in [0.15, 0.2) is 0 Å². The van der Waals surface area contributed by atoms with Crippen LogP contribution in [-0.4, -0.2) is 18.9 Å². The summed E-state index contributed by atoms with van der Waals surface area (Å²) in [6, 6.07) is 14.4. The van der Waals surface area contributed by atoms with Crippen LogP contribution in [0.5, 0.6) is 5.75 Å². The van der Waals surface area contributed by atoms with Gasteiger partial charge in [-0.05, 0) is 54.6 Å². The molecule has 0 saturated carbocycles. The van der Waals surface area contributed by atoms with Gasteiger partial charge < -0.3 is 15.4 Å². The molecule has 0 aliphatic carbocycles. The van der Waals surface area contributed by atoms with E-state index in [0.29, 0.717) is 22.0 Å². The predicted molar refractivity (Wildman–Crippen MR) is 112 cm³/mol. The lowest BCUT2D eigenvalue weighted by molar-refractivity contribution is 0.101. The molecule has 2 N–H and O–H groups in total. The summed E-state index contributed by atoms with van der Waals surface area (Å²) in [7, 11) is 1.42. The van der Waals surface area contributed by atoms with Crippen molar-refractivity contribution in [3.63, 3.8) is 0 Å². The van der Waals surface area contributed by atoms with Crippen LogP contribution >= 0.6 is 23.2 Å². The number of methoxy groups -OCH3 is 1. The van der Waals surface area contributed by atoms with Crippen molar-refractivity contribution in [1.29, 1.82) is 0 Å². The first-order chi connectivity index (χ1) is 13.9. The molecule has 0 fully saturated rings. The van der Waals surface area contributed by atoms with Gasteiger partial charge in [-0.15, -0.1) is 0 Å². The Labute approximate surface area is 176 Å². The number of ether oxygens (including phenoxy) is 1. The van der Waals surface area contributed by atoms with Crippen molar-refractivity contribution in [3.05, 3.63) is 87.7 Å². The maximum atomic E-state index is 13.0. The Morgan fingerprint density at radius 2 is 1.34 bits per heavy atom. The van der Waals surface area contributed by atoms with Crippen LogP contribution in [0.4, 0.5) is 15.8 Å². The molecule has 3 aromatic rings. The number of nitrogens with one attached hydrogen (secondary N) is 2. The van der Waals surface area contributed by atoms with Crippen LogP contribution in [-0.2, 0) is 0 Å². The van der Waals surface area contributed by atoms with E-state index in [1.54, 1.807) is 24.3 Å². The van der Waals surface area contributed by atoms with E-state index in [1.807, 2.05) is 0 Å². The average molecular weight is 433 g/mol. The molecule has 0 saturated heterocycles. The first-order valence-electron chi connectivity index (χ1n) is 8.39. The monoisotopic (exact) mass is 432 g/mol. The number of hydrogen-bond donors (Lipinski definition) is 2. The van der Waals surface area contributed by atoms with Crippen molar-refractivity contribution in [3.8, 4) is 5.75 Å². The quantitative estimate of drug-likeness (QED) is 0.547. The van der Waals surface area contributed by atoms with Crippen LogP contribution in [0.2, 0.25) is 10.0 Å². The maximum Gasteiger partial charge on any atom is 0.255 e. The van der Waals surface area contributed by atoms with Gasteiger partial charge in [0.1, 0.15) is 11.6 Å². The van der Waals surface area contributed by atoms with Gasteiger partial charge in [-0.3, -0.25) is 9.59 Å². The molecule has 29 heavy (non-hydrogen) atoms. The fourth-order valence-electron chi connectivity index (χ4n) is 2.51. The molecule has 5 nitrogen and oxygen atoms in total. The highest BCUT2D eigenvalue weighted by Gasteiger charge is 2.15. The highest BCUT2D eigenvalue weighted by atomic mass is 35.5. The Morgan fingerprint density at radius 1 is 0.828 bits per heavy atom. The number of rotatable bonds is 5. The van der Waals surface area contributed by atoms with Crippen molar-refractivity contribution in [2.75, 3.05) is 17.7 Å². The van der Waals surface area contributed by atoms with Gasteiger partial charge in [0.25, 0.3) is 11.8 Å². The third kappa shape index (κ3) is 5.04. The lowest BCUT2D eigenvalue weighted by Crippen LogP contribution is -2.14. The van der Waals surface area contributed by atoms with Crippen molar-refractivity contribution < 1.29 is 18.7 Å². The second-order valence-electron chi connectivity index (χ2n) is 5.95. The van der Waals surface area contributed by atoms with E-state index in [-0.39, 0.29) is 22.2 Å². The summed E-state index contributed by atoms with van der Waals surface area (Å²) in [5, 5.41) is 6.06. The Balaban J connectivity index is 1.81. The molecular formula is C21H15Cl2FN2O3. The van der Waals surface area contributed by atoms with E-state index in [1.165, 1.54) is 43.5 Å². The van der Waals surface area contributed by atoms with E-state index in [2.05, 4.69) is 10.6 Å². The normalized spacial score (nSPS) is 10.3. The first-order valence-corrected chi connectivity index (χ1v) is 9.14. The van der Waals surface area contributed by atoms with E-state index >= 15 is 0 Å². The van der Waals surface area contributed by atoms with Gasteiger partial charge in [0, 0.05) is 22.2 Å². The molecule has 0 heterocycles. The lowest BCUT2D eigenvalue weighted by Gasteiger charge is -2.14. The van der Waals surface area contributed by atoms with E-state index < -0.39 is 11.7 Å². The smallest absolute Gasteiger partial charge is 0.255 e. The van der Waals surface area contributed by atoms with Crippen LogP contribution < -0.4 is 15.4 Å². The molecule has 0 aliphatic rings. The minimum atomic E-state index is -0.461. The SMILES string of the molecule is COc1cc(NC(=O)c2ccc(Cl)cc2)c(Cl)cc1NC(=O)c1ccc(F)cc1. The maximum absolute atomic E-state index is 13.0. The van der Waals surface area contributed by atoms with E-state index in [9.17, 15) is 14.0 Å². The number of benzene rings is 3. The van der Waals surface area contributed by atoms with Crippen molar-refractivity contribution in [1.82, 2.24) is 0 Å². The Hall–Kier alpha value is -3.09. The summed E-state index contributed by atoms with van der Waals surface area (Å²) in [5.74, 6) is -0.995. The third-order valence-corrected chi connectivity index (χ3v) is 4.56. The summed E-state index contributed by atoms with van der Waals surface area (Å²) < 4.78 is 18.3. The third-order valence-electron chi connectivity index (χ3n) is 4.00. The van der Waals surface area contributed by atoms with Crippen LogP contribution in [0.15, 0.2) is 60.7 Å². The van der Waals surface area contributed by atoms with Crippen LogP contribution in [0.1, 0.15) is 20.7 Å². The van der Waals surface area contributed by atoms with Gasteiger partial charge in [0.2, 0.25) is 0 Å². The average Bonchev–Trinajstić information content (AvgIpc) is 2.70. The van der Waals surface area contributed by atoms with Crippen LogP contribution in [0, 0.1) is 5.82 Å². The second kappa shape index (κ2) is 8.94. The van der Waals surface area contributed by atoms with Crippen LogP contribution in [0.3, 0.4) is 0 Å². The summed E-state index contributed by atoms with van der Waals surface area (Å²) >= 11 is 12.1. The highest BCUT2D eigenvalue weighted by Crippen LogP contribution is 2.35. The van der Waals surface area contributed by atoms with Crippen molar-refractivity contribution in [2.24, 2.45) is 0 Å². The zero-order valence-electron chi connectivity index (χ0n) is 15.1. The van der Waals surface area contributed by atoms with Crippen molar-refractivity contribution in [2.45, 2.75) is 0 Å². The molecule has 0 bridgehead atoms. The fourth-order valence-corrected chi connectivity index (χ4v) is 2.84. The van der Waals surface area contributed by atoms with Crippen molar-refractivity contribution >= 4 is 46.4 Å². The number of carbonyl (C=O) groups is 2. The van der Waals surface area contributed by atoms with Gasteiger partial charge in [-0.2, -0.15) is 0 Å². The van der Waals surface area contributed by atoms with E-state index in [0.717, 1.165) is 0 Å². The van der Waals surface area contributed by atoms with Gasteiger partial charge in [-0.25, -0.2) is 4.39 Å². The standard InChI is InChI=1S/C21H15Cl2FN2O3/c1-29-19-11-17(25-20(27)12-2-6-14(22)7-3-12)16(23)10-18(19)26-21(28)13-4-8-15(24)9-5-13/h2-11H,1H3,(H,25,27)(H,26,28). The topological polar surface area (TPSA) is 67.4 Å². The fraction of sp³-hybridized carbons (Fsp3) is 0.0476. The summed E-state index contributed by atoms with van der Waals surface area (Å²) in [4.78, 5) is 24.8. The molecular weight excluding hydrogens is 418 g/mol. The van der Waals surface area contributed by atoms with Gasteiger partial charge in [-0.1, -0.05) is 23.2 Å². The van der Waals surface area contributed by atoms with E-state index in [4.69, 9.17) is 27.9 Å². The molecule has 0 atom stereocenters. The number of hydrogen-bond acceptors (Lipinski definition) is 3. The zero-order chi connectivity index (χ0) is 21.0. The van der Waals surface area contributed by atoms with Crippen LogP contribution in [0.25, 0.3) is 0 Å². The molecule has 3 aromatic carbocycles. The minimum Gasteiger partial charge on any atom is -0.494 e. The molecule has 0 spiro atoms. The molecule has 0 aliphatic heterocycles. The molecule has 3 rings (SSSR count). The number of halogens is 3. The van der Waals surface area contributed by atoms with Gasteiger partial charge in [0.05, 0.1) is 23.5 Å². The Morgan fingerprint density at radius 3 is 1.90 bits per heavy atom. The highest BCUT2D eigenvalue weighted by molar-refractivity contribution is 6.34. The molecule has 148 valence electrons. The Bertz CT molecular complexity index is 1050. The largest absolute Gasteiger partial charge is 0.494 e. The summed E-state index contributed by atoms with van der Waals surface area (Å²) in [6.45, 7) is 0. The first kappa shape index (κ1) is 20.6. The molecule has 8 heteroatoms. The lowest BCUT2D eigenvalue weighted by atomic mass is 10.2. The minimum absolute atomic E-state index is 0.197. The predicted octanol–water partition coefficient (Wildman–Crippen LogP) is 5.65. The zero-order valence-corrected chi connectivity index (χ0v) is 16.6. The Kier molecular flexibility index (Phi) is 6.36. The number of anilines is 2. The molecule has 2 amide bonds. The number of carbonyl (C=O) groups excluding carboxylic acids is 2. The summed E-state index contributed by atoms with van der Waals surface area (Å²) in [5.41, 5.74) is 1.28. The second-order valence-corrected chi connectivity index (χ2v) is 6.80. The molecule has 0 unspecified atom stereocenters.